The minimum atomic E-state index is -0.392. The lowest BCUT2D eigenvalue weighted by atomic mass is 10.2. The highest BCUT2D eigenvalue weighted by molar-refractivity contribution is 14.1. The number of hydrogen-bond acceptors (Lipinski definition) is 2. The van der Waals surface area contributed by atoms with Crippen LogP contribution in [0.15, 0.2) is 46.9 Å². The molecule has 2 N–H and O–H groups in total. The summed E-state index contributed by atoms with van der Waals surface area (Å²) < 4.78 is 14.7. The SMILES string of the molecule is O=C(NC(=S)Nc1ccc(Br)cc1I)c1ccc(F)cc1. The van der Waals surface area contributed by atoms with Crippen molar-refractivity contribution >= 4 is 67.4 Å². The van der Waals surface area contributed by atoms with Crippen LogP contribution in [0.25, 0.3) is 0 Å². The summed E-state index contributed by atoms with van der Waals surface area (Å²) in [7, 11) is 0. The Balaban J connectivity index is 2.01. The molecule has 0 unspecified atom stereocenters. The van der Waals surface area contributed by atoms with Gasteiger partial charge >= 0.3 is 0 Å². The van der Waals surface area contributed by atoms with Crippen LogP contribution in [0.3, 0.4) is 0 Å². The molecule has 1 amide bonds. The molecule has 0 atom stereocenters. The van der Waals surface area contributed by atoms with Gasteiger partial charge in [0.05, 0.1) is 5.69 Å². The Bertz CT molecular complexity index is 694. The van der Waals surface area contributed by atoms with E-state index in [0.717, 1.165) is 13.7 Å². The van der Waals surface area contributed by atoms with Crippen LogP contribution in [0, 0.1) is 9.39 Å². The maximum atomic E-state index is 12.8. The van der Waals surface area contributed by atoms with Crippen molar-refractivity contribution in [3.63, 3.8) is 0 Å². The van der Waals surface area contributed by atoms with Crippen molar-refractivity contribution in [2.45, 2.75) is 0 Å². The summed E-state index contributed by atoms with van der Waals surface area (Å²) in [6.07, 6.45) is 0. The predicted molar refractivity (Wildman–Crippen MR) is 96.9 cm³/mol. The van der Waals surface area contributed by atoms with Crippen molar-refractivity contribution in [2.24, 2.45) is 0 Å². The van der Waals surface area contributed by atoms with E-state index in [1.54, 1.807) is 0 Å². The molecule has 0 fully saturated rings. The summed E-state index contributed by atoms with van der Waals surface area (Å²) in [5, 5.41) is 5.68. The number of hydrogen-bond donors (Lipinski definition) is 2. The maximum absolute atomic E-state index is 12.8. The first-order valence-electron chi connectivity index (χ1n) is 5.78. The zero-order valence-electron chi connectivity index (χ0n) is 10.5. The highest BCUT2D eigenvalue weighted by Crippen LogP contribution is 2.22. The van der Waals surface area contributed by atoms with Gasteiger partial charge in [-0.3, -0.25) is 10.1 Å². The molecule has 0 heterocycles. The molecule has 2 aromatic carbocycles. The number of halogens is 3. The molecule has 108 valence electrons. The largest absolute Gasteiger partial charge is 0.332 e. The number of amides is 1. The first-order valence-corrected chi connectivity index (χ1v) is 8.06. The van der Waals surface area contributed by atoms with E-state index < -0.39 is 5.82 Å². The van der Waals surface area contributed by atoms with Gasteiger partial charge in [0.2, 0.25) is 0 Å². The van der Waals surface area contributed by atoms with E-state index in [1.807, 2.05) is 18.2 Å². The van der Waals surface area contributed by atoms with Gasteiger partial charge in [0.15, 0.2) is 5.11 Å². The quantitative estimate of drug-likeness (QED) is 0.499. The van der Waals surface area contributed by atoms with Gasteiger partial charge < -0.3 is 5.32 Å². The Morgan fingerprint density at radius 3 is 2.48 bits per heavy atom. The molecule has 0 saturated carbocycles. The van der Waals surface area contributed by atoms with Crippen molar-refractivity contribution in [2.75, 3.05) is 5.32 Å². The molecule has 7 heteroatoms. The third-order valence-electron chi connectivity index (χ3n) is 2.51. The van der Waals surface area contributed by atoms with Crippen LogP contribution < -0.4 is 10.6 Å². The van der Waals surface area contributed by atoms with Gasteiger partial charge in [0, 0.05) is 13.6 Å². The fourth-order valence-electron chi connectivity index (χ4n) is 1.52. The first-order chi connectivity index (χ1) is 9.95. The fraction of sp³-hybridized carbons (Fsp3) is 0. The van der Waals surface area contributed by atoms with E-state index in [1.165, 1.54) is 24.3 Å². The molecule has 0 aliphatic carbocycles. The molecule has 0 saturated heterocycles. The molecule has 21 heavy (non-hydrogen) atoms. The second-order valence-electron chi connectivity index (χ2n) is 4.04. The molecule has 0 aliphatic rings. The van der Waals surface area contributed by atoms with Gasteiger partial charge in [-0.2, -0.15) is 0 Å². The number of anilines is 1. The second-order valence-corrected chi connectivity index (χ2v) is 6.53. The minimum Gasteiger partial charge on any atom is -0.332 e. The van der Waals surface area contributed by atoms with Gasteiger partial charge in [0.1, 0.15) is 5.82 Å². The Kier molecular flexibility index (Phi) is 5.65. The number of thiocarbonyl (C=S) groups is 1. The number of carbonyl (C=O) groups excluding carboxylic acids is 1. The van der Waals surface area contributed by atoms with Crippen molar-refractivity contribution in [1.29, 1.82) is 0 Å². The normalized spacial score (nSPS) is 10.0. The van der Waals surface area contributed by atoms with Crippen molar-refractivity contribution < 1.29 is 9.18 Å². The summed E-state index contributed by atoms with van der Waals surface area (Å²) in [4.78, 5) is 11.9. The van der Waals surface area contributed by atoms with Crippen molar-refractivity contribution in [1.82, 2.24) is 5.32 Å². The molecule has 0 aliphatic heterocycles. The maximum Gasteiger partial charge on any atom is 0.257 e. The predicted octanol–water partition coefficient (Wildman–Crippen LogP) is 4.32. The van der Waals surface area contributed by atoms with Crippen molar-refractivity contribution in [3.05, 3.63) is 61.9 Å². The van der Waals surface area contributed by atoms with Crippen LogP contribution in [-0.4, -0.2) is 11.0 Å². The summed E-state index contributed by atoms with van der Waals surface area (Å²) >= 11 is 10.6. The van der Waals surface area contributed by atoms with Gasteiger partial charge in [-0.05, 0) is 77.3 Å². The molecule has 0 radical (unpaired) electrons. The van der Waals surface area contributed by atoms with E-state index in [0.29, 0.717) is 5.56 Å². The van der Waals surface area contributed by atoms with Gasteiger partial charge in [0.25, 0.3) is 5.91 Å². The van der Waals surface area contributed by atoms with Gasteiger partial charge in [-0.25, -0.2) is 4.39 Å². The lowest BCUT2D eigenvalue weighted by molar-refractivity contribution is 0.0977. The molecule has 3 nitrogen and oxygen atoms in total. The average molecular weight is 479 g/mol. The van der Waals surface area contributed by atoms with E-state index in [-0.39, 0.29) is 11.0 Å². The van der Waals surface area contributed by atoms with Gasteiger partial charge in [-0.15, -0.1) is 0 Å². The van der Waals surface area contributed by atoms with Crippen LogP contribution in [0.2, 0.25) is 0 Å². The van der Waals surface area contributed by atoms with E-state index in [4.69, 9.17) is 12.2 Å². The standard InChI is InChI=1S/C14H9BrFIN2OS/c15-9-3-6-12(11(17)7-9)18-14(21)19-13(20)8-1-4-10(16)5-2-8/h1-7H,(H2,18,19,20,21). The Labute approximate surface area is 148 Å². The molecular weight excluding hydrogens is 470 g/mol. The van der Waals surface area contributed by atoms with E-state index >= 15 is 0 Å². The van der Waals surface area contributed by atoms with Crippen LogP contribution in [0.1, 0.15) is 10.4 Å². The molecule has 0 aromatic heterocycles. The number of carbonyl (C=O) groups is 1. The topological polar surface area (TPSA) is 41.1 Å². The zero-order chi connectivity index (χ0) is 15.4. The summed E-state index contributed by atoms with van der Waals surface area (Å²) in [5.74, 6) is -0.781. The zero-order valence-corrected chi connectivity index (χ0v) is 15.1. The molecule has 2 rings (SSSR count). The third kappa shape index (κ3) is 4.72. The van der Waals surface area contributed by atoms with E-state index in [2.05, 4.69) is 49.2 Å². The average Bonchev–Trinajstić information content (AvgIpc) is 2.42. The molecule has 0 spiro atoms. The Morgan fingerprint density at radius 2 is 1.86 bits per heavy atom. The van der Waals surface area contributed by atoms with Gasteiger partial charge in [-0.1, -0.05) is 15.9 Å². The second kappa shape index (κ2) is 7.28. The third-order valence-corrected chi connectivity index (χ3v) is 4.10. The summed E-state index contributed by atoms with van der Waals surface area (Å²) in [6.45, 7) is 0. The Morgan fingerprint density at radius 1 is 1.19 bits per heavy atom. The van der Waals surface area contributed by atoms with Crippen LogP contribution >= 0.6 is 50.7 Å². The fourth-order valence-corrected chi connectivity index (χ4v) is 3.16. The highest BCUT2D eigenvalue weighted by atomic mass is 127. The number of benzene rings is 2. The lowest BCUT2D eigenvalue weighted by Crippen LogP contribution is -2.34. The smallest absolute Gasteiger partial charge is 0.257 e. The Hall–Kier alpha value is -1.06. The molecule has 0 bridgehead atoms. The highest BCUT2D eigenvalue weighted by Gasteiger charge is 2.09. The minimum absolute atomic E-state index is 0.185. The lowest BCUT2D eigenvalue weighted by Gasteiger charge is -2.11. The number of rotatable bonds is 2. The molecular formula is C14H9BrFIN2OS. The van der Waals surface area contributed by atoms with Crippen LogP contribution in [0.5, 0.6) is 0 Å². The van der Waals surface area contributed by atoms with E-state index in [9.17, 15) is 9.18 Å². The summed E-state index contributed by atoms with van der Waals surface area (Å²) in [6, 6.07) is 10.9. The number of nitrogens with one attached hydrogen (secondary N) is 2. The van der Waals surface area contributed by atoms with Crippen molar-refractivity contribution in [3.8, 4) is 0 Å². The van der Waals surface area contributed by atoms with Crippen LogP contribution in [-0.2, 0) is 0 Å². The van der Waals surface area contributed by atoms with Crippen LogP contribution in [0.4, 0.5) is 10.1 Å². The monoisotopic (exact) mass is 478 g/mol. The molecule has 2 aromatic rings. The first kappa shape index (κ1) is 16.3. The summed E-state index contributed by atoms with van der Waals surface area (Å²) in [5.41, 5.74) is 1.13.